The molecule has 0 heterocycles. The number of ether oxygens (including phenoxy) is 1. The van der Waals surface area contributed by atoms with Crippen LogP contribution in [-0.4, -0.2) is 18.8 Å². The number of rotatable bonds is 5. The van der Waals surface area contributed by atoms with E-state index in [2.05, 4.69) is 0 Å². The van der Waals surface area contributed by atoms with E-state index in [1.165, 1.54) is 4.90 Å². The minimum absolute atomic E-state index is 0.123. The molecule has 0 saturated carbocycles. The highest BCUT2D eigenvalue weighted by atomic mass is 32.2. The molecule has 0 N–H and O–H groups in total. The number of thioether (sulfide) groups is 1. The summed E-state index contributed by atoms with van der Waals surface area (Å²) in [6, 6.07) is 8.11. The summed E-state index contributed by atoms with van der Waals surface area (Å²) in [5.74, 6) is -0.252. The fourth-order valence-electron chi connectivity index (χ4n) is 1.62. The van der Waals surface area contributed by atoms with Gasteiger partial charge >= 0.3 is 5.97 Å². The molecular weight excluding hydrogens is 220 g/mol. The van der Waals surface area contributed by atoms with Crippen LogP contribution in [0.3, 0.4) is 0 Å². The summed E-state index contributed by atoms with van der Waals surface area (Å²) in [4.78, 5) is 12.9. The Bertz CT molecular complexity index is 332. The highest BCUT2D eigenvalue weighted by Crippen LogP contribution is 2.23. The summed E-state index contributed by atoms with van der Waals surface area (Å²) >= 11 is 1.70. The van der Waals surface area contributed by atoms with Gasteiger partial charge in [0.05, 0.1) is 12.5 Å². The highest BCUT2D eigenvalue weighted by Gasteiger charge is 2.19. The Morgan fingerprint density at radius 2 is 1.94 bits per heavy atom. The molecule has 0 bridgehead atoms. The van der Waals surface area contributed by atoms with Gasteiger partial charge in [-0.3, -0.25) is 4.79 Å². The lowest BCUT2D eigenvalue weighted by molar-refractivity contribution is -0.145. The molecule has 1 unspecified atom stereocenters. The first-order valence-electron chi connectivity index (χ1n) is 5.53. The second-order valence-electron chi connectivity index (χ2n) is 3.49. The van der Waals surface area contributed by atoms with Crippen molar-refractivity contribution in [3.63, 3.8) is 0 Å². The average molecular weight is 238 g/mol. The van der Waals surface area contributed by atoms with E-state index in [0.29, 0.717) is 6.61 Å². The molecular formula is C13H18O2S. The summed E-state index contributed by atoms with van der Waals surface area (Å²) in [6.07, 6.45) is 2.81. The van der Waals surface area contributed by atoms with E-state index in [9.17, 15) is 4.79 Å². The van der Waals surface area contributed by atoms with E-state index >= 15 is 0 Å². The van der Waals surface area contributed by atoms with Crippen LogP contribution in [0, 0.1) is 0 Å². The van der Waals surface area contributed by atoms with E-state index in [1.54, 1.807) is 11.8 Å². The lowest BCUT2D eigenvalue weighted by atomic mass is 9.97. The molecule has 0 aliphatic rings. The molecule has 1 aromatic rings. The van der Waals surface area contributed by atoms with Crippen molar-refractivity contribution >= 4 is 17.7 Å². The molecule has 3 heteroatoms. The maximum Gasteiger partial charge on any atom is 0.313 e. The Morgan fingerprint density at radius 3 is 2.38 bits per heavy atom. The minimum atomic E-state index is -0.129. The van der Waals surface area contributed by atoms with Gasteiger partial charge in [-0.2, -0.15) is 0 Å². The van der Waals surface area contributed by atoms with Crippen molar-refractivity contribution in [2.75, 3.05) is 12.9 Å². The fraction of sp³-hybridized carbons (Fsp3) is 0.462. The quantitative estimate of drug-likeness (QED) is 0.580. The maximum atomic E-state index is 11.7. The lowest BCUT2D eigenvalue weighted by Gasteiger charge is -2.14. The number of carbonyl (C=O) groups is 1. The van der Waals surface area contributed by atoms with Gasteiger partial charge in [-0.05, 0) is 37.3 Å². The molecule has 0 aromatic heterocycles. The van der Waals surface area contributed by atoms with Crippen molar-refractivity contribution in [2.45, 2.75) is 31.1 Å². The van der Waals surface area contributed by atoms with Gasteiger partial charge in [0.1, 0.15) is 0 Å². The Balaban J connectivity index is 2.82. The van der Waals surface area contributed by atoms with Crippen LogP contribution < -0.4 is 0 Å². The zero-order valence-corrected chi connectivity index (χ0v) is 10.8. The fourth-order valence-corrected chi connectivity index (χ4v) is 2.03. The standard InChI is InChI=1S/C13H18O2S/c1-4-12(13(14)15-5-2)10-6-8-11(16-3)9-7-10/h6-9,12H,4-5H2,1-3H3. The zero-order valence-electron chi connectivity index (χ0n) is 10.0. The van der Waals surface area contributed by atoms with E-state index in [0.717, 1.165) is 12.0 Å². The molecule has 0 saturated heterocycles. The summed E-state index contributed by atoms with van der Waals surface area (Å²) in [7, 11) is 0. The van der Waals surface area contributed by atoms with Crippen LogP contribution in [-0.2, 0) is 9.53 Å². The molecule has 1 atom stereocenters. The van der Waals surface area contributed by atoms with E-state index in [4.69, 9.17) is 4.74 Å². The van der Waals surface area contributed by atoms with Crippen LogP contribution in [0.2, 0.25) is 0 Å². The van der Waals surface area contributed by atoms with Crippen molar-refractivity contribution in [2.24, 2.45) is 0 Å². The van der Waals surface area contributed by atoms with Gasteiger partial charge < -0.3 is 4.74 Å². The molecule has 0 radical (unpaired) electrons. The number of carbonyl (C=O) groups excluding carboxylic acids is 1. The van der Waals surface area contributed by atoms with Crippen molar-refractivity contribution in [1.82, 2.24) is 0 Å². The van der Waals surface area contributed by atoms with Crippen LogP contribution in [0.15, 0.2) is 29.2 Å². The van der Waals surface area contributed by atoms with Gasteiger partial charge in [-0.1, -0.05) is 19.1 Å². The minimum Gasteiger partial charge on any atom is -0.466 e. The first kappa shape index (κ1) is 13.1. The van der Waals surface area contributed by atoms with Gasteiger partial charge in [-0.25, -0.2) is 0 Å². The normalized spacial score (nSPS) is 12.2. The molecule has 2 nitrogen and oxygen atoms in total. The van der Waals surface area contributed by atoms with E-state index < -0.39 is 0 Å². The van der Waals surface area contributed by atoms with Crippen LogP contribution in [0.4, 0.5) is 0 Å². The average Bonchev–Trinajstić information content (AvgIpc) is 2.31. The number of hydrogen-bond acceptors (Lipinski definition) is 3. The van der Waals surface area contributed by atoms with Crippen molar-refractivity contribution in [1.29, 1.82) is 0 Å². The SMILES string of the molecule is CCOC(=O)C(CC)c1ccc(SC)cc1. The molecule has 1 aromatic carbocycles. The molecule has 16 heavy (non-hydrogen) atoms. The zero-order chi connectivity index (χ0) is 12.0. The van der Waals surface area contributed by atoms with E-state index in [-0.39, 0.29) is 11.9 Å². The summed E-state index contributed by atoms with van der Waals surface area (Å²) < 4.78 is 5.06. The summed E-state index contributed by atoms with van der Waals surface area (Å²) in [5.41, 5.74) is 1.04. The Labute approximate surface area is 101 Å². The van der Waals surface area contributed by atoms with Crippen LogP contribution in [0.1, 0.15) is 31.7 Å². The third-order valence-electron chi connectivity index (χ3n) is 2.50. The second kappa shape index (κ2) is 6.59. The smallest absolute Gasteiger partial charge is 0.313 e. The van der Waals surface area contributed by atoms with E-state index in [1.807, 2.05) is 44.4 Å². The second-order valence-corrected chi connectivity index (χ2v) is 4.37. The van der Waals surface area contributed by atoms with Crippen LogP contribution in [0.25, 0.3) is 0 Å². The third kappa shape index (κ3) is 3.27. The molecule has 0 fully saturated rings. The molecule has 0 amide bonds. The molecule has 0 aliphatic carbocycles. The first-order valence-corrected chi connectivity index (χ1v) is 6.76. The summed E-state index contributed by atoms with van der Waals surface area (Å²) in [6.45, 7) is 4.28. The molecule has 1 rings (SSSR count). The van der Waals surface area contributed by atoms with Gasteiger partial charge in [0.2, 0.25) is 0 Å². The predicted octanol–water partition coefficient (Wildman–Crippen LogP) is 3.47. The number of benzene rings is 1. The van der Waals surface area contributed by atoms with Crippen molar-refractivity contribution in [3.05, 3.63) is 29.8 Å². The molecule has 0 spiro atoms. The summed E-state index contributed by atoms with van der Waals surface area (Å²) in [5, 5.41) is 0. The van der Waals surface area contributed by atoms with Crippen molar-refractivity contribution < 1.29 is 9.53 Å². The van der Waals surface area contributed by atoms with Gasteiger partial charge in [0.25, 0.3) is 0 Å². The Morgan fingerprint density at radius 1 is 1.31 bits per heavy atom. The molecule has 0 aliphatic heterocycles. The Kier molecular flexibility index (Phi) is 5.39. The first-order chi connectivity index (χ1) is 7.72. The highest BCUT2D eigenvalue weighted by molar-refractivity contribution is 7.98. The Hall–Kier alpha value is -0.960. The topological polar surface area (TPSA) is 26.3 Å². The monoisotopic (exact) mass is 238 g/mol. The van der Waals surface area contributed by atoms with Crippen molar-refractivity contribution in [3.8, 4) is 0 Å². The number of esters is 1. The van der Waals surface area contributed by atoms with Crippen LogP contribution in [0.5, 0.6) is 0 Å². The third-order valence-corrected chi connectivity index (χ3v) is 3.24. The van der Waals surface area contributed by atoms with Gasteiger partial charge in [0, 0.05) is 4.90 Å². The van der Waals surface area contributed by atoms with Crippen LogP contribution >= 0.6 is 11.8 Å². The largest absolute Gasteiger partial charge is 0.466 e. The molecule has 88 valence electrons. The number of hydrogen-bond donors (Lipinski definition) is 0. The van der Waals surface area contributed by atoms with Gasteiger partial charge in [-0.15, -0.1) is 11.8 Å². The lowest BCUT2D eigenvalue weighted by Crippen LogP contribution is -2.15. The van der Waals surface area contributed by atoms with Gasteiger partial charge in [0.15, 0.2) is 0 Å². The predicted molar refractivity (Wildman–Crippen MR) is 67.9 cm³/mol. The maximum absolute atomic E-state index is 11.7.